The Kier molecular flexibility index (Phi) is 5.48. The van der Waals surface area contributed by atoms with Gasteiger partial charge in [-0.25, -0.2) is 0 Å². The van der Waals surface area contributed by atoms with E-state index >= 15 is 0 Å². The predicted molar refractivity (Wildman–Crippen MR) is 78.0 cm³/mol. The largest absolute Gasteiger partial charge is 0.338 e. The van der Waals surface area contributed by atoms with Gasteiger partial charge in [-0.2, -0.15) is 0 Å². The summed E-state index contributed by atoms with van der Waals surface area (Å²) in [6.45, 7) is 10.1. The number of pyridine rings is 1. The lowest BCUT2D eigenvalue weighted by Gasteiger charge is -2.31. The molecule has 0 radical (unpaired) electrons. The van der Waals surface area contributed by atoms with Gasteiger partial charge < -0.3 is 10.6 Å². The maximum absolute atomic E-state index is 12.5. The summed E-state index contributed by atoms with van der Waals surface area (Å²) in [5.41, 5.74) is 7.26. The van der Waals surface area contributed by atoms with Crippen molar-refractivity contribution in [3.05, 3.63) is 29.6 Å². The van der Waals surface area contributed by atoms with Crippen LogP contribution >= 0.6 is 0 Å². The highest BCUT2D eigenvalue weighted by Gasteiger charge is 2.24. The number of aromatic nitrogens is 1. The van der Waals surface area contributed by atoms with E-state index in [0.29, 0.717) is 18.7 Å². The SMILES string of the molecule is CCCN(CC(C)(C)CN)C(=O)c1ccc(C)nc1. The van der Waals surface area contributed by atoms with E-state index in [9.17, 15) is 4.79 Å². The second-order valence-corrected chi connectivity index (χ2v) is 5.78. The fourth-order valence-corrected chi connectivity index (χ4v) is 1.88. The molecule has 4 heteroatoms. The minimum absolute atomic E-state index is 0.0378. The lowest BCUT2D eigenvalue weighted by atomic mass is 9.92. The molecule has 0 atom stereocenters. The van der Waals surface area contributed by atoms with Crippen molar-refractivity contribution in [2.24, 2.45) is 11.1 Å². The standard InChI is InChI=1S/C15H25N3O/c1-5-8-18(11-15(3,4)10-16)14(19)13-7-6-12(2)17-9-13/h6-7,9H,5,8,10-11,16H2,1-4H3. The van der Waals surface area contributed by atoms with Gasteiger partial charge in [-0.05, 0) is 37.4 Å². The summed E-state index contributed by atoms with van der Waals surface area (Å²) in [5.74, 6) is 0.0378. The van der Waals surface area contributed by atoms with Crippen LogP contribution in [0.2, 0.25) is 0 Å². The minimum Gasteiger partial charge on any atom is -0.338 e. The summed E-state index contributed by atoms with van der Waals surface area (Å²) in [5, 5.41) is 0. The molecule has 1 heterocycles. The molecular weight excluding hydrogens is 238 g/mol. The highest BCUT2D eigenvalue weighted by atomic mass is 16.2. The Balaban J connectivity index is 2.86. The monoisotopic (exact) mass is 263 g/mol. The summed E-state index contributed by atoms with van der Waals surface area (Å²) >= 11 is 0. The van der Waals surface area contributed by atoms with E-state index in [1.807, 2.05) is 24.0 Å². The topological polar surface area (TPSA) is 59.2 Å². The van der Waals surface area contributed by atoms with Crippen molar-refractivity contribution in [3.8, 4) is 0 Å². The Morgan fingerprint density at radius 3 is 2.58 bits per heavy atom. The summed E-state index contributed by atoms with van der Waals surface area (Å²) in [4.78, 5) is 18.5. The Bertz CT molecular complexity index is 412. The van der Waals surface area contributed by atoms with E-state index < -0.39 is 0 Å². The second kappa shape index (κ2) is 6.66. The minimum atomic E-state index is -0.0665. The van der Waals surface area contributed by atoms with Crippen LogP contribution in [0.25, 0.3) is 0 Å². The van der Waals surface area contributed by atoms with Gasteiger partial charge in [-0.3, -0.25) is 9.78 Å². The Hall–Kier alpha value is -1.42. The van der Waals surface area contributed by atoms with Crippen LogP contribution in [0.3, 0.4) is 0 Å². The van der Waals surface area contributed by atoms with Crippen molar-refractivity contribution in [3.63, 3.8) is 0 Å². The number of hydrogen-bond acceptors (Lipinski definition) is 3. The summed E-state index contributed by atoms with van der Waals surface area (Å²) in [6.07, 6.45) is 2.58. The molecule has 0 unspecified atom stereocenters. The van der Waals surface area contributed by atoms with Gasteiger partial charge in [0.05, 0.1) is 5.56 Å². The predicted octanol–water partition coefficient (Wildman–Crippen LogP) is 2.23. The molecular formula is C15H25N3O. The molecule has 0 aliphatic rings. The molecule has 19 heavy (non-hydrogen) atoms. The van der Waals surface area contributed by atoms with Crippen molar-refractivity contribution in [1.29, 1.82) is 0 Å². The van der Waals surface area contributed by atoms with Crippen molar-refractivity contribution in [2.45, 2.75) is 34.1 Å². The molecule has 0 bridgehead atoms. The molecule has 0 aliphatic carbocycles. The summed E-state index contributed by atoms with van der Waals surface area (Å²) in [7, 11) is 0. The highest BCUT2D eigenvalue weighted by Crippen LogP contribution is 2.17. The van der Waals surface area contributed by atoms with Crippen LogP contribution in [0, 0.1) is 12.3 Å². The molecule has 1 aromatic heterocycles. The first-order valence-corrected chi connectivity index (χ1v) is 6.81. The number of amides is 1. The smallest absolute Gasteiger partial charge is 0.255 e. The number of aryl methyl sites for hydroxylation is 1. The molecule has 4 nitrogen and oxygen atoms in total. The third-order valence-electron chi connectivity index (χ3n) is 3.11. The molecule has 0 saturated carbocycles. The number of carbonyl (C=O) groups is 1. The van der Waals surface area contributed by atoms with Crippen molar-refractivity contribution in [2.75, 3.05) is 19.6 Å². The van der Waals surface area contributed by atoms with Gasteiger partial charge in [0, 0.05) is 25.0 Å². The van der Waals surface area contributed by atoms with Crippen molar-refractivity contribution < 1.29 is 4.79 Å². The van der Waals surface area contributed by atoms with E-state index in [1.165, 1.54) is 0 Å². The van der Waals surface area contributed by atoms with Crippen LogP contribution in [0.4, 0.5) is 0 Å². The molecule has 0 spiro atoms. The zero-order valence-electron chi connectivity index (χ0n) is 12.4. The molecule has 1 amide bonds. The lowest BCUT2D eigenvalue weighted by molar-refractivity contribution is 0.0689. The average Bonchev–Trinajstić information content (AvgIpc) is 2.38. The number of carbonyl (C=O) groups excluding carboxylic acids is 1. The van der Waals surface area contributed by atoms with Crippen LogP contribution in [0.5, 0.6) is 0 Å². The first-order valence-electron chi connectivity index (χ1n) is 6.81. The van der Waals surface area contributed by atoms with Gasteiger partial charge in [0.1, 0.15) is 0 Å². The van der Waals surface area contributed by atoms with E-state index in [0.717, 1.165) is 18.7 Å². The Labute approximate surface area is 116 Å². The first-order chi connectivity index (χ1) is 8.89. The number of nitrogens with two attached hydrogens (primary N) is 1. The van der Waals surface area contributed by atoms with Gasteiger partial charge in [0.25, 0.3) is 5.91 Å². The average molecular weight is 263 g/mol. The van der Waals surface area contributed by atoms with Gasteiger partial charge >= 0.3 is 0 Å². The fraction of sp³-hybridized carbons (Fsp3) is 0.600. The maximum Gasteiger partial charge on any atom is 0.255 e. The number of hydrogen-bond donors (Lipinski definition) is 1. The normalized spacial score (nSPS) is 11.4. The Morgan fingerprint density at radius 2 is 2.11 bits per heavy atom. The molecule has 106 valence electrons. The van der Waals surface area contributed by atoms with E-state index in [2.05, 4.69) is 25.8 Å². The van der Waals surface area contributed by atoms with Crippen LogP contribution < -0.4 is 5.73 Å². The fourth-order valence-electron chi connectivity index (χ4n) is 1.88. The van der Waals surface area contributed by atoms with Crippen molar-refractivity contribution in [1.82, 2.24) is 9.88 Å². The maximum atomic E-state index is 12.5. The van der Waals surface area contributed by atoms with Crippen LogP contribution in [-0.4, -0.2) is 35.4 Å². The molecule has 1 aromatic rings. The van der Waals surface area contributed by atoms with Gasteiger partial charge in [-0.15, -0.1) is 0 Å². The summed E-state index contributed by atoms with van der Waals surface area (Å²) < 4.78 is 0. The third kappa shape index (κ3) is 4.63. The van der Waals surface area contributed by atoms with Crippen molar-refractivity contribution >= 4 is 5.91 Å². The van der Waals surface area contributed by atoms with Gasteiger partial charge in [-0.1, -0.05) is 20.8 Å². The van der Waals surface area contributed by atoms with E-state index in [4.69, 9.17) is 5.73 Å². The molecule has 2 N–H and O–H groups in total. The van der Waals surface area contributed by atoms with E-state index in [1.54, 1.807) is 6.20 Å². The lowest BCUT2D eigenvalue weighted by Crippen LogP contribution is -2.42. The Morgan fingerprint density at radius 1 is 1.42 bits per heavy atom. The summed E-state index contributed by atoms with van der Waals surface area (Å²) in [6, 6.07) is 3.70. The first kappa shape index (κ1) is 15.6. The zero-order valence-corrected chi connectivity index (χ0v) is 12.4. The number of rotatable bonds is 6. The zero-order chi connectivity index (χ0) is 14.5. The second-order valence-electron chi connectivity index (χ2n) is 5.78. The van der Waals surface area contributed by atoms with Gasteiger partial charge in [0.2, 0.25) is 0 Å². The van der Waals surface area contributed by atoms with E-state index in [-0.39, 0.29) is 11.3 Å². The van der Waals surface area contributed by atoms with Gasteiger partial charge in [0.15, 0.2) is 0 Å². The highest BCUT2D eigenvalue weighted by molar-refractivity contribution is 5.93. The molecule has 0 aliphatic heterocycles. The number of nitrogens with zero attached hydrogens (tertiary/aromatic N) is 2. The molecule has 0 aromatic carbocycles. The van der Waals surface area contributed by atoms with Crippen LogP contribution in [0.15, 0.2) is 18.3 Å². The quantitative estimate of drug-likeness (QED) is 0.856. The third-order valence-corrected chi connectivity index (χ3v) is 3.11. The molecule has 0 fully saturated rings. The molecule has 0 saturated heterocycles. The van der Waals surface area contributed by atoms with Crippen LogP contribution in [-0.2, 0) is 0 Å². The molecule has 1 rings (SSSR count). The van der Waals surface area contributed by atoms with Crippen LogP contribution in [0.1, 0.15) is 43.2 Å².